The van der Waals surface area contributed by atoms with Gasteiger partial charge in [-0.15, -0.1) is 0 Å². The first-order chi connectivity index (χ1) is 10.5. The number of amides is 2. The third kappa shape index (κ3) is 8.24. The summed E-state index contributed by atoms with van der Waals surface area (Å²) in [4.78, 5) is 26.0. The number of ether oxygens (including phenoxy) is 1. The van der Waals surface area contributed by atoms with Crippen molar-refractivity contribution in [1.29, 1.82) is 0 Å². The standard InChI is InChI=1S/C18H34N2O3/c1-17(2,3)13-14-9-8-12-20(14)15(21)10-7-11-19-16(22)23-18(4,5)6/h14H,7-13H2,1-6H3,(H,19,22). The van der Waals surface area contributed by atoms with Crippen LogP contribution >= 0.6 is 0 Å². The smallest absolute Gasteiger partial charge is 0.407 e. The van der Waals surface area contributed by atoms with E-state index in [1.54, 1.807) is 0 Å². The molecule has 0 aliphatic carbocycles. The fourth-order valence-corrected chi connectivity index (χ4v) is 2.97. The van der Waals surface area contributed by atoms with Crippen LogP contribution in [0.25, 0.3) is 0 Å². The van der Waals surface area contributed by atoms with E-state index in [1.807, 2.05) is 25.7 Å². The van der Waals surface area contributed by atoms with Crippen molar-refractivity contribution < 1.29 is 14.3 Å². The van der Waals surface area contributed by atoms with E-state index in [-0.39, 0.29) is 11.3 Å². The molecule has 0 spiro atoms. The maximum absolute atomic E-state index is 12.4. The Morgan fingerprint density at radius 2 is 1.83 bits per heavy atom. The Bertz CT molecular complexity index is 407. The Labute approximate surface area is 141 Å². The SMILES string of the molecule is CC(C)(C)CC1CCCN1C(=O)CCCNC(=O)OC(C)(C)C. The zero-order valence-corrected chi connectivity index (χ0v) is 15.7. The maximum Gasteiger partial charge on any atom is 0.407 e. The van der Waals surface area contributed by atoms with Crippen molar-refractivity contribution in [3.05, 3.63) is 0 Å². The molecule has 0 aromatic carbocycles. The molecule has 0 radical (unpaired) electrons. The van der Waals surface area contributed by atoms with Gasteiger partial charge in [0.2, 0.25) is 5.91 Å². The molecule has 1 unspecified atom stereocenters. The molecule has 1 N–H and O–H groups in total. The van der Waals surface area contributed by atoms with Crippen molar-refractivity contribution in [2.24, 2.45) is 5.41 Å². The Kier molecular flexibility index (Phi) is 6.90. The lowest BCUT2D eigenvalue weighted by Crippen LogP contribution is -2.38. The van der Waals surface area contributed by atoms with Gasteiger partial charge in [0, 0.05) is 25.6 Å². The third-order valence-corrected chi connectivity index (χ3v) is 3.78. The van der Waals surface area contributed by atoms with Crippen LogP contribution in [0.5, 0.6) is 0 Å². The predicted molar refractivity (Wildman–Crippen MR) is 92.3 cm³/mol. The van der Waals surface area contributed by atoms with E-state index in [2.05, 4.69) is 26.1 Å². The van der Waals surface area contributed by atoms with Gasteiger partial charge in [-0.2, -0.15) is 0 Å². The highest BCUT2D eigenvalue weighted by Gasteiger charge is 2.31. The monoisotopic (exact) mass is 326 g/mol. The largest absolute Gasteiger partial charge is 0.444 e. The van der Waals surface area contributed by atoms with Gasteiger partial charge in [0.25, 0.3) is 0 Å². The summed E-state index contributed by atoms with van der Waals surface area (Å²) in [6, 6.07) is 0.376. The van der Waals surface area contributed by atoms with Crippen molar-refractivity contribution >= 4 is 12.0 Å². The highest BCUT2D eigenvalue weighted by Crippen LogP contribution is 2.30. The van der Waals surface area contributed by atoms with E-state index in [4.69, 9.17) is 4.74 Å². The summed E-state index contributed by atoms with van der Waals surface area (Å²) in [6.45, 7) is 13.5. The Morgan fingerprint density at radius 3 is 2.39 bits per heavy atom. The summed E-state index contributed by atoms with van der Waals surface area (Å²) >= 11 is 0. The average molecular weight is 326 g/mol. The first-order valence-corrected chi connectivity index (χ1v) is 8.74. The molecular weight excluding hydrogens is 292 g/mol. The van der Waals surface area contributed by atoms with Gasteiger partial charge in [0.1, 0.15) is 5.60 Å². The number of alkyl carbamates (subject to hydrolysis) is 1. The highest BCUT2D eigenvalue weighted by molar-refractivity contribution is 5.77. The molecule has 1 aliphatic heterocycles. The number of likely N-dealkylation sites (tertiary alicyclic amines) is 1. The Balaban J connectivity index is 2.29. The molecule has 1 saturated heterocycles. The molecule has 0 aromatic heterocycles. The van der Waals surface area contributed by atoms with Gasteiger partial charge in [-0.1, -0.05) is 20.8 Å². The molecular formula is C18H34N2O3. The number of hydrogen-bond acceptors (Lipinski definition) is 3. The van der Waals surface area contributed by atoms with Crippen molar-refractivity contribution in [3.8, 4) is 0 Å². The molecule has 1 atom stereocenters. The number of nitrogens with zero attached hydrogens (tertiary/aromatic N) is 1. The van der Waals surface area contributed by atoms with E-state index >= 15 is 0 Å². The molecule has 1 fully saturated rings. The number of rotatable bonds is 5. The van der Waals surface area contributed by atoms with Gasteiger partial charge in [-0.3, -0.25) is 4.79 Å². The van der Waals surface area contributed by atoms with E-state index < -0.39 is 11.7 Å². The van der Waals surface area contributed by atoms with Crippen LogP contribution in [0, 0.1) is 5.41 Å². The summed E-state index contributed by atoms with van der Waals surface area (Å²) in [7, 11) is 0. The van der Waals surface area contributed by atoms with Crippen molar-refractivity contribution in [2.75, 3.05) is 13.1 Å². The van der Waals surface area contributed by atoms with Gasteiger partial charge >= 0.3 is 6.09 Å². The number of carbonyl (C=O) groups excluding carboxylic acids is 2. The lowest BCUT2D eigenvalue weighted by atomic mass is 9.87. The van der Waals surface area contributed by atoms with Gasteiger partial charge in [-0.05, 0) is 51.9 Å². The van der Waals surface area contributed by atoms with Crippen molar-refractivity contribution in [1.82, 2.24) is 10.2 Å². The quantitative estimate of drug-likeness (QED) is 0.783. The molecule has 1 heterocycles. The van der Waals surface area contributed by atoms with Gasteiger partial charge in [-0.25, -0.2) is 4.79 Å². The molecule has 0 aromatic rings. The first kappa shape index (κ1) is 19.8. The van der Waals surface area contributed by atoms with E-state index in [9.17, 15) is 9.59 Å². The molecule has 5 heteroatoms. The minimum absolute atomic E-state index is 0.211. The van der Waals surface area contributed by atoms with Crippen molar-refractivity contribution in [2.45, 2.75) is 85.3 Å². The topological polar surface area (TPSA) is 58.6 Å². The number of nitrogens with one attached hydrogen (secondary N) is 1. The fourth-order valence-electron chi connectivity index (χ4n) is 2.97. The van der Waals surface area contributed by atoms with E-state index in [0.717, 1.165) is 25.8 Å². The Morgan fingerprint density at radius 1 is 1.17 bits per heavy atom. The van der Waals surface area contributed by atoms with Gasteiger partial charge < -0.3 is 15.0 Å². The number of carbonyl (C=O) groups is 2. The minimum Gasteiger partial charge on any atom is -0.444 e. The molecule has 0 bridgehead atoms. The van der Waals surface area contributed by atoms with Crippen LogP contribution in [0.4, 0.5) is 4.79 Å². The van der Waals surface area contributed by atoms with E-state index in [1.165, 1.54) is 0 Å². The lowest BCUT2D eigenvalue weighted by molar-refractivity contribution is -0.132. The molecule has 134 valence electrons. The Hall–Kier alpha value is -1.26. The van der Waals surface area contributed by atoms with Crippen LogP contribution in [0.15, 0.2) is 0 Å². The van der Waals surface area contributed by atoms with Crippen LogP contribution < -0.4 is 5.32 Å². The van der Waals surface area contributed by atoms with Crippen LogP contribution in [0.3, 0.4) is 0 Å². The molecule has 5 nitrogen and oxygen atoms in total. The van der Waals surface area contributed by atoms with Crippen LogP contribution in [0.2, 0.25) is 0 Å². The zero-order chi connectivity index (χ0) is 17.7. The molecule has 0 saturated carbocycles. The number of hydrogen-bond donors (Lipinski definition) is 1. The van der Waals surface area contributed by atoms with Crippen molar-refractivity contribution in [3.63, 3.8) is 0 Å². The fraction of sp³-hybridized carbons (Fsp3) is 0.889. The average Bonchev–Trinajstić information content (AvgIpc) is 2.78. The van der Waals surface area contributed by atoms with Crippen LogP contribution in [0.1, 0.15) is 73.6 Å². The third-order valence-electron chi connectivity index (χ3n) is 3.78. The predicted octanol–water partition coefficient (Wildman–Crippen LogP) is 3.72. The molecule has 1 aliphatic rings. The second-order valence-electron chi connectivity index (χ2n) is 8.68. The first-order valence-electron chi connectivity index (χ1n) is 8.74. The molecule has 1 rings (SSSR count). The van der Waals surface area contributed by atoms with Gasteiger partial charge in [0.05, 0.1) is 0 Å². The summed E-state index contributed by atoms with van der Waals surface area (Å²) in [5.41, 5.74) is -0.249. The second kappa shape index (κ2) is 8.02. The highest BCUT2D eigenvalue weighted by atomic mass is 16.6. The second-order valence-corrected chi connectivity index (χ2v) is 8.68. The normalized spacial score (nSPS) is 18.9. The van der Waals surface area contributed by atoms with Crippen LogP contribution in [-0.4, -0.2) is 41.6 Å². The lowest BCUT2D eigenvalue weighted by Gasteiger charge is -2.30. The van der Waals surface area contributed by atoms with Gasteiger partial charge in [0.15, 0.2) is 0 Å². The zero-order valence-electron chi connectivity index (χ0n) is 15.7. The minimum atomic E-state index is -0.490. The molecule has 23 heavy (non-hydrogen) atoms. The van der Waals surface area contributed by atoms with Crippen LogP contribution in [-0.2, 0) is 9.53 Å². The van der Waals surface area contributed by atoms with E-state index in [0.29, 0.717) is 25.4 Å². The maximum atomic E-state index is 12.4. The molecule has 2 amide bonds. The summed E-state index contributed by atoms with van der Waals surface area (Å²) in [5.74, 6) is 0.211. The summed E-state index contributed by atoms with van der Waals surface area (Å²) < 4.78 is 5.17. The summed E-state index contributed by atoms with van der Waals surface area (Å²) in [5, 5.41) is 2.70. The summed E-state index contributed by atoms with van der Waals surface area (Å²) in [6.07, 6.45) is 3.97.